The molecule has 136 heavy (non-hydrogen) atoms. The van der Waals surface area contributed by atoms with Gasteiger partial charge < -0.3 is 29.8 Å². The maximum Gasteiger partial charge on any atom is 0.416 e. The first-order valence-electron chi connectivity index (χ1n) is 42.7. The smallest absolute Gasteiger partial charge is 0.416 e. The van der Waals surface area contributed by atoms with Crippen molar-refractivity contribution in [1.82, 2.24) is 39.3 Å². The van der Waals surface area contributed by atoms with Crippen LogP contribution in [0.2, 0.25) is 5.02 Å². The summed E-state index contributed by atoms with van der Waals surface area (Å²) in [4.78, 5) is 74.5. The fourth-order valence-corrected chi connectivity index (χ4v) is 16.9. The molecular weight excluding hydrogens is 1890 g/mol. The quantitative estimate of drug-likeness (QED) is 0.0437. The first-order valence-corrected chi connectivity index (χ1v) is 45.0. The van der Waals surface area contributed by atoms with Crippen LogP contribution in [0.15, 0.2) is 350 Å². The number of benzene rings is 14. The fraction of sp³-hybridized carbons (Fsp3) is 0.117. The number of alkyl halides is 3. The van der Waals surface area contributed by atoms with Gasteiger partial charge in [-0.05, 0) is 261 Å². The number of rotatable bonds is 17. The molecule has 18 nitrogen and oxygen atoms in total. The van der Waals surface area contributed by atoms with E-state index in [-0.39, 0.29) is 61.3 Å². The van der Waals surface area contributed by atoms with Crippen LogP contribution >= 0.6 is 58.1 Å². The topological polar surface area (TPSA) is 236 Å². The molecule has 3 N–H and O–H groups in total. The maximum atomic E-state index is 12.6. The third-order valence-electron chi connectivity index (χ3n) is 22.3. The van der Waals surface area contributed by atoms with Crippen molar-refractivity contribution >= 4 is 137 Å². The third kappa shape index (κ3) is 24.3. The molecule has 5 heterocycles. The van der Waals surface area contributed by atoms with Crippen LogP contribution in [0.25, 0.3) is 76.9 Å². The van der Waals surface area contributed by atoms with Crippen molar-refractivity contribution in [1.29, 1.82) is 5.26 Å². The van der Waals surface area contributed by atoms with Crippen LogP contribution in [0.1, 0.15) is 117 Å². The van der Waals surface area contributed by atoms with Gasteiger partial charge in [-0.1, -0.05) is 237 Å². The number of aromatic nitrogens is 6. The van der Waals surface area contributed by atoms with Gasteiger partial charge in [0.2, 0.25) is 0 Å². The molecule has 2 aliphatic rings. The summed E-state index contributed by atoms with van der Waals surface area (Å²) in [6.07, 6.45) is 0.599. The van der Waals surface area contributed by atoms with Crippen LogP contribution < -0.4 is 30.4 Å². The highest BCUT2D eigenvalue weighted by atomic mass is 127. The number of ketones is 1. The van der Waals surface area contributed by atoms with Crippen molar-refractivity contribution < 1.29 is 46.6 Å². The van der Waals surface area contributed by atoms with Crippen LogP contribution in [-0.4, -0.2) is 71.7 Å². The average Bonchev–Trinajstić information content (AvgIpc) is 1.58. The Morgan fingerprint density at radius 3 is 1.83 bits per heavy atom. The van der Waals surface area contributed by atoms with E-state index in [0.29, 0.717) is 51.0 Å². The molecule has 0 radical (unpaired) electrons. The van der Waals surface area contributed by atoms with E-state index in [0.717, 1.165) is 136 Å². The Balaban J connectivity index is 0.000000138. The summed E-state index contributed by atoms with van der Waals surface area (Å²) in [5.74, 6) is 1.77. The molecule has 4 aromatic heterocycles. The minimum Gasteiger partial charge on any atom is -0.497 e. The predicted octanol–water partition coefficient (Wildman–Crippen LogP) is 26.5. The number of allylic oxidation sites excluding steroid dienone is 1. The summed E-state index contributed by atoms with van der Waals surface area (Å²) in [7, 11) is 3.23. The van der Waals surface area contributed by atoms with Crippen molar-refractivity contribution in [2.24, 2.45) is 0 Å². The van der Waals surface area contributed by atoms with E-state index >= 15 is 0 Å². The van der Waals surface area contributed by atoms with Gasteiger partial charge in [-0.3, -0.25) is 28.9 Å². The standard InChI is InChI=1S/C22H19N.C21H16N4O2.C19H17ClO2.C17H14N2O.C16H11F3N2OS.C15H10INO2.CH4.ClH/c1-3-13-21-17(7-1)9-5-11-19(21)15-23-16-20-12-6-10-18-8-2-4-14-22(18)20;1-13-18-19(14-8-10-16(27-2)11-9-14)17(12-22)21(26)23-20(18)25(24-13)15-6-4-3-5-7-15;1-12-3-4-14(18(20)9-12)10-15-6-5-13-11-16(22-2)7-8-17(13)19(15)21;1-12-6-8-14(9-7-12)17(20)19-16-11-10-13-4-2-3-5-15(13)18-16;17-16(18,19)13-2-1-3-14(8-13)22-9-11-4-6-12(7-5-11)15-20-10-21-23-15;16-11-5-3-4-10(8-11)9-17-14(18)12-6-1-2-7-13(12)15(17)19;;/h1-14,23H,15-16H2;3-11H,1-2H3,(H,23,26);3-4,7-11H,5-6H2,1-2H3;2-11H,1H3,(H,18,19,20);1-8,10H,9H2;1-8H,9H2;1H4;1H/b;;15-10+;;;;;. The summed E-state index contributed by atoms with van der Waals surface area (Å²) in [5.41, 5.74) is 16.1. The molecule has 682 valence electrons. The number of carbonyl (C=O) groups is 4. The summed E-state index contributed by atoms with van der Waals surface area (Å²) >= 11 is 9.78. The lowest BCUT2D eigenvalue weighted by molar-refractivity contribution is -0.137. The molecule has 0 bridgehead atoms. The number of nitriles is 1. The highest BCUT2D eigenvalue weighted by Gasteiger charge is 2.35. The molecule has 20 rings (SSSR count). The number of carbonyl (C=O) groups excluding carboxylic acids is 4. The number of amides is 3. The van der Waals surface area contributed by atoms with Gasteiger partial charge in [0.15, 0.2) is 5.78 Å². The molecule has 1 aliphatic heterocycles. The molecule has 0 fully saturated rings. The van der Waals surface area contributed by atoms with Crippen molar-refractivity contribution in [2.45, 2.75) is 73.5 Å². The first-order chi connectivity index (χ1) is 65.0. The number of methoxy groups -OCH3 is 2. The van der Waals surface area contributed by atoms with Crippen LogP contribution in [0.3, 0.4) is 0 Å². The summed E-state index contributed by atoms with van der Waals surface area (Å²) < 4.78 is 60.5. The Kier molecular flexibility index (Phi) is 33.4. The number of hydrogen-bond acceptors (Lipinski definition) is 15. The molecule has 0 saturated carbocycles. The fourth-order valence-electron chi connectivity index (χ4n) is 15.4. The zero-order chi connectivity index (χ0) is 93.8. The number of fused-ring (bicyclic) bond motifs is 6. The molecule has 14 aromatic carbocycles. The number of aryl methyl sites for hydroxylation is 4. The highest BCUT2D eigenvalue weighted by Crippen LogP contribution is 2.37. The van der Waals surface area contributed by atoms with E-state index in [9.17, 15) is 42.4 Å². The number of pyridine rings is 2. The summed E-state index contributed by atoms with van der Waals surface area (Å²) in [6.45, 7) is 8.13. The van der Waals surface area contributed by atoms with E-state index in [4.69, 9.17) is 25.8 Å². The lowest BCUT2D eigenvalue weighted by Crippen LogP contribution is -2.29. The monoisotopic (exact) mass is 1980 g/mol. The Hall–Kier alpha value is -15.0. The number of anilines is 1. The molecule has 3 amide bonds. The first kappa shape index (κ1) is 98.5. The number of aromatic amines is 1. The van der Waals surface area contributed by atoms with Gasteiger partial charge in [0.05, 0.1) is 54.4 Å². The highest BCUT2D eigenvalue weighted by molar-refractivity contribution is 14.1. The Labute approximate surface area is 813 Å². The number of nitrogens with one attached hydrogen (secondary N) is 3. The average molecular weight is 1980 g/mol. The zero-order valence-corrected chi connectivity index (χ0v) is 78.3. The number of ether oxygens (including phenoxy) is 3. The van der Waals surface area contributed by atoms with Gasteiger partial charge in [-0.15, -0.1) is 12.4 Å². The van der Waals surface area contributed by atoms with Gasteiger partial charge in [0, 0.05) is 60.3 Å². The maximum absolute atomic E-state index is 12.6. The van der Waals surface area contributed by atoms with Crippen LogP contribution in [0.5, 0.6) is 17.2 Å². The van der Waals surface area contributed by atoms with Crippen molar-refractivity contribution in [2.75, 3.05) is 19.5 Å². The zero-order valence-electron chi connectivity index (χ0n) is 73.8. The second-order valence-corrected chi connectivity index (χ2v) is 33.8. The van der Waals surface area contributed by atoms with Crippen molar-refractivity contribution in [3.8, 4) is 50.7 Å². The van der Waals surface area contributed by atoms with E-state index in [1.807, 2.05) is 221 Å². The van der Waals surface area contributed by atoms with Crippen molar-refractivity contribution in [3.63, 3.8) is 0 Å². The minimum atomic E-state index is -4.37. The van der Waals surface area contributed by atoms with Gasteiger partial charge in [-0.2, -0.15) is 27.9 Å². The number of nitrogens with zero attached hydrogens (tertiary/aromatic N) is 7. The Morgan fingerprint density at radius 2 is 1.20 bits per heavy atom. The minimum absolute atomic E-state index is 0. The van der Waals surface area contributed by atoms with Gasteiger partial charge in [0.25, 0.3) is 23.3 Å². The second kappa shape index (κ2) is 46.1. The van der Waals surface area contributed by atoms with Crippen LogP contribution in [0, 0.1) is 35.7 Å². The molecular formula is C111H92Cl2F3IN10O8S. The molecule has 0 atom stereocenters. The predicted molar refractivity (Wildman–Crippen MR) is 547 cm³/mol. The number of imide groups is 1. The van der Waals surface area contributed by atoms with E-state index in [2.05, 4.69) is 143 Å². The molecule has 1 aliphatic carbocycles. The molecule has 18 aromatic rings. The van der Waals surface area contributed by atoms with Gasteiger partial charge in [-0.25, -0.2) is 14.6 Å². The largest absolute Gasteiger partial charge is 0.497 e. The molecule has 0 spiro atoms. The number of Topliss-reactive ketones (excluding diaryl/α,β-unsaturated/α-hetero) is 1. The molecule has 0 unspecified atom stereocenters. The normalized spacial score (nSPS) is 12.0. The van der Waals surface area contributed by atoms with Gasteiger partial charge in [0.1, 0.15) is 58.3 Å². The third-order valence-corrected chi connectivity index (χ3v) is 24.0. The number of H-pyrrole nitrogens is 1. The van der Waals surface area contributed by atoms with E-state index in [1.165, 1.54) is 67.6 Å². The number of halogens is 6. The second-order valence-electron chi connectivity index (χ2n) is 31.4. The molecule has 25 heteroatoms. The van der Waals surface area contributed by atoms with Crippen molar-refractivity contribution in [3.05, 3.63) is 448 Å². The summed E-state index contributed by atoms with van der Waals surface area (Å²) in [6, 6.07) is 107. The van der Waals surface area contributed by atoms with E-state index in [1.54, 1.807) is 55.3 Å². The SMILES string of the molecule is C.COc1ccc(-c2c(C#N)c(=O)[nH]c3c2c(C)nn3-c2ccccc2)cc1.COc1ccc2c(c1)CC/C(=C\c1ccc(C)cc1Cl)C2=O.Cc1ccc(C(=O)Nc2ccc3ccccc3n2)cc1.Cl.FC(F)(F)c1cccc(OCc2ccc(-c3ncns3)cc2)c1.O=C1c2ccccc2C(=O)N1Cc1cccc(I)c1.c1ccc2c(CNCc3cccc4ccccc34)cccc2c1. The van der Waals surface area contributed by atoms with E-state index < -0.39 is 17.3 Å². The Morgan fingerprint density at radius 1 is 0.596 bits per heavy atom. The lowest BCUT2D eigenvalue weighted by atomic mass is 9.86. The summed E-state index contributed by atoms with van der Waals surface area (Å²) in [5, 5.41) is 29.2. The van der Waals surface area contributed by atoms with Gasteiger partial charge >= 0.3 is 6.18 Å². The van der Waals surface area contributed by atoms with Crippen LogP contribution in [-0.2, 0) is 38.8 Å². The Bertz CT molecular complexity index is 7340. The molecule has 0 saturated heterocycles. The number of hydrogen-bond donors (Lipinski definition) is 3. The lowest BCUT2D eigenvalue weighted by Gasteiger charge is -2.18. The number of para-hydroxylation sites is 2. The van der Waals surface area contributed by atoms with Crippen LogP contribution in [0.4, 0.5) is 19.0 Å².